The number of halogens is 3. The Labute approximate surface area is 108 Å². The maximum atomic E-state index is 12.6. The van der Waals surface area contributed by atoms with Gasteiger partial charge in [0.25, 0.3) is 0 Å². The van der Waals surface area contributed by atoms with Crippen LogP contribution in [0.3, 0.4) is 0 Å². The minimum Gasteiger partial charge on any atom is -0.456 e. The number of esters is 1. The highest BCUT2D eigenvalue weighted by Gasteiger charge is 2.32. The Balaban J connectivity index is 3.21. The number of benzene rings is 1. The Kier molecular flexibility index (Phi) is 4.03. The molecule has 0 unspecified atom stereocenters. The standard InChI is InChI=1S/C13H13F3O3/c1-12(2,3)19-11(18)9-4-8(7-17)5-10(6-9)13(14,15)16/h4-7H,1-3H3. The second-order valence-electron chi connectivity index (χ2n) is 4.96. The lowest BCUT2D eigenvalue weighted by Gasteiger charge is -2.20. The van der Waals surface area contributed by atoms with Crippen molar-refractivity contribution in [1.82, 2.24) is 0 Å². The molecule has 0 aliphatic heterocycles. The molecular weight excluding hydrogens is 261 g/mol. The summed E-state index contributed by atoms with van der Waals surface area (Å²) in [7, 11) is 0. The van der Waals surface area contributed by atoms with Crippen LogP contribution in [0.2, 0.25) is 0 Å². The molecular formula is C13H13F3O3. The minimum absolute atomic E-state index is 0.226. The number of alkyl halides is 3. The van der Waals surface area contributed by atoms with Crippen molar-refractivity contribution < 1.29 is 27.5 Å². The quantitative estimate of drug-likeness (QED) is 0.612. The average molecular weight is 274 g/mol. The van der Waals surface area contributed by atoms with Crippen LogP contribution >= 0.6 is 0 Å². The van der Waals surface area contributed by atoms with Gasteiger partial charge >= 0.3 is 12.1 Å². The maximum absolute atomic E-state index is 12.6. The SMILES string of the molecule is CC(C)(C)OC(=O)c1cc(C=O)cc(C(F)(F)F)c1. The third-order valence-corrected chi connectivity index (χ3v) is 2.05. The molecule has 0 aliphatic rings. The van der Waals surface area contributed by atoms with Crippen molar-refractivity contribution in [2.45, 2.75) is 32.5 Å². The van der Waals surface area contributed by atoms with Crippen LogP contribution < -0.4 is 0 Å². The van der Waals surface area contributed by atoms with Gasteiger partial charge in [-0.05, 0) is 39.0 Å². The Morgan fingerprint density at radius 2 is 1.74 bits per heavy atom. The van der Waals surface area contributed by atoms with Gasteiger partial charge in [0, 0.05) is 5.56 Å². The first-order chi connectivity index (χ1) is 8.53. The summed E-state index contributed by atoms with van der Waals surface area (Å²) in [5.41, 5.74) is -2.41. The maximum Gasteiger partial charge on any atom is 0.416 e. The highest BCUT2D eigenvalue weighted by molar-refractivity contribution is 5.92. The fourth-order valence-corrected chi connectivity index (χ4v) is 1.34. The predicted molar refractivity (Wildman–Crippen MR) is 62.0 cm³/mol. The van der Waals surface area contributed by atoms with E-state index in [9.17, 15) is 22.8 Å². The lowest BCUT2D eigenvalue weighted by molar-refractivity contribution is -0.137. The predicted octanol–water partition coefficient (Wildman–Crippen LogP) is 3.47. The van der Waals surface area contributed by atoms with Gasteiger partial charge in [0.15, 0.2) is 0 Å². The van der Waals surface area contributed by atoms with Crippen LogP contribution in [-0.4, -0.2) is 17.9 Å². The smallest absolute Gasteiger partial charge is 0.416 e. The summed E-state index contributed by atoms with van der Waals surface area (Å²) in [6.07, 6.45) is -4.38. The van der Waals surface area contributed by atoms with Gasteiger partial charge in [-0.3, -0.25) is 4.79 Å². The second kappa shape index (κ2) is 5.03. The molecule has 0 aromatic heterocycles. The van der Waals surface area contributed by atoms with E-state index in [0.29, 0.717) is 12.1 Å². The first-order valence-electron chi connectivity index (χ1n) is 5.44. The van der Waals surface area contributed by atoms with Crippen molar-refractivity contribution in [3.8, 4) is 0 Å². The molecule has 0 spiro atoms. The van der Waals surface area contributed by atoms with Gasteiger partial charge in [-0.15, -0.1) is 0 Å². The van der Waals surface area contributed by atoms with Gasteiger partial charge < -0.3 is 4.74 Å². The molecule has 1 aromatic rings. The number of hydrogen-bond acceptors (Lipinski definition) is 3. The van der Waals surface area contributed by atoms with Gasteiger partial charge in [-0.1, -0.05) is 0 Å². The molecule has 0 saturated carbocycles. The molecule has 0 N–H and O–H groups in total. The molecule has 1 aromatic carbocycles. The zero-order chi connectivity index (χ0) is 14.8. The first-order valence-corrected chi connectivity index (χ1v) is 5.44. The minimum atomic E-state index is -4.63. The normalized spacial score (nSPS) is 12.1. The number of carbonyl (C=O) groups excluding carboxylic acids is 2. The molecule has 0 bridgehead atoms. The van der Waals surface area contributed by atoms with E-state index < -0.39 is 23.3 Å². The summed E-state index contributed by atoms with van der Waals surface area (Å²) >= 11 is 0. The zero-order valence-corrected chi connectivity index (χ0v) is 10.7. The number of carbonyl (C=O) groups is 2. The Bertz CT molecular complexity index is 499. The van der Waals surface area contributed by atoms with Crippen molar-refractivity contribution in [1.29, 1.82) is 0 Å². The van der Waals surface area contributed by atoms with Crippen LogP contribution in [0.5, 0.6) is 0 Å². The van der Waals surface area contributed by atoms with E-state index in [1.54, 1.807) is 20.8 Å². The van der Waals surface area contributed by atoms with Crippen molar-refractivity contribution >= 4 is 12.3 Å². The first kappa shape index (κ1) is 15.2. The molecule has 19 heavy (non-hydrogen) atoms. The topological polar surface area (TPSA) is 43.4 Å². The van der Waals surface area contributed by atoms with Crippen LogP contribution in [0.15, 0.2) is 18.2 Å². The third kappa shape index (κ3) is 4.39. The number of aldehydes is 1. The van der Waals surface area contributed by atoms with Crippen molar-refractivity contribution in [2.24, 2.45) is 0 Å². The average Bonchev–Trinajstić information content (AvgIpc) is 2.25. The molecule has 0 radical (unpaired) electrons. The summed E-state index contributed by atoms with van der Waals surface area (Å²) in [6, 6.07) is 2.41. The number of rotatable bonds is 2. The Morgan fingerprint density at radius 3 is 2.16 bits per heavy atom. The van der Waals surface area contributed by atoms with E-state index in [1.165, 1.54) is 0 Å². The van der Waals surface area contributed by atoms with E-state index in [-0.39, 0.29) is 17.4 Å². The van der Waals surface area contributed by atoms with E-state index in [0.717, 1.165) is 6.07 Å². The van der Waals surface area contributed by atoms with Crippen molar-refractivity contribution in [3.63, 3.8) is 0 Å². The molecule has 0 heterocycles. The molecule has 3 nitrogen and oxygen atoms in total. The van der Waals surface area contributed by atoms with Crippen LogP contribution in [0.25, 0.3) is 0 Å². The molecule has 0 fully saturated rings. The summed E-state index contributed by atoms with van der Waals surface area (Å²) in [6.45, 7) is 4.79. The largest absolute Gasteiger partial charge is 0.456 e. The van der Waals surface area contributed by atoms with E-state index >= 15 is 0 Å². The fourth-order valence-electron chi connectivity index (χ4n) is 1.34. The van der Waals surface area contributed by atoms with Gasteiger partial charge in [-0.25, -0.2) is 4.79 Å². The highest BCUT2D eigenvalue weighted by atomic mass is 19.4. The molecule has 104 valence electrons. The van der Waals surface area contributed by atoms with E-state index in [4.69, 9.17) is 4.74 Å². The van der Waals surface area contributed by atoms with Crippen LogP contribution in [-0.2, 0) is 10.9 Å². The summed E-state index contributed by atoms with van der Waals surface area (Å²) < 4.78 is 42.8. The zero-order valence-electron chi connectivity index (χ0n) is 10.7. The van der Waals surface area contributed by atoms with Gasteiger partial charge in [-0.2, -0.15) is 13.2 Å². The fraction of sp³-hybridized carbons (Fsp3) is 0.385. The van der Waals surface area contributed by atoms with Gasteiger partial charge in [0.2, 0.25) is 0 Å². The summed E-state index contributed by atoms with van der Waals surface area (Å²) in [5, 5.41) is 0. The van der Waals surface area contributed by atoms with E-state index in [1.807, 2.05) is 0 Å². The molecule has 0 atom stereocenters. The highest BCUT2D eigenvalue weighted by Crippen LogP contribution is 2.30. The molecule has 0 saturated heterocycles. The third-order valence-electron chi connectivity index (χ3n) is 2.05. The number of hydrogen-bond donors (Lipinski definition) is 0. The van der Waals surface area contributed by atoms with Gasteiger partial charge in [0.1, 0.15) is 11.9 Å². The number of ether oxygens (including phenoxy) is 1. The van der Waals surface area contributed by atoms with Crippen molar-refractivity contribution in [2.75, 3.05) is 0 Å². The van der Waals surface area contributed by atoms with Crippen LogP contribution in [0.4, 0.5) is 13.2 Å². The lowest BCUT2D eigenvalue weighted by Crippen LogP contribution is -2.24. The second-order valence-corrected chi connectivity index (χ2v) is 4.96. The lowest BCUT2D eigenvalue weighted by atomic mass is 10.1. The van der Waals surface area contributed by atoms with E-state index in [2.05, 4.69) is 0 Å². The van der Waals surface area contributed by atoms with Crippen molar-refractivity contribution in [3.05, 3.63) is 34.9 Å². The summed E-state index contributed by atoms with van der Waals surface area (Å²) in [5.74, 6) is -0.901. The van der Waals surface area contributed by atoms with Crippen LogP contribution in [0, 0.1) is 0 Å². The van der Waals surface area contributed by atoms with Crippen LogP contribution in [0.1, 0.15) is 47.1 Å². The summed E-state index contributed by atoms with van der Waals surface area (Å²) in [4.78, 5) is 22.3. The molecule has 1 rings (SSSR count). The molecule has 0 amide bonds. The van der Waals surface area contributed by atoms with Gasteiger partial charge in [0.05, 0.1) is 11.1 Å². The Hall–Kier alpha value is -1.85. The molecule has 0 aliphatic carbocycles. The Morgan fingerprint density at radius 1 is 1.16 bits per heavy atom. The monoisotopic (exact) mass is 274 g/mol. The molecule has 6 heteroatoms.